The lowest BCUT2D eigenvalue weighted by Crippen LogP contribution is -2.00. The van der Waals surface area contributed by atoms with E-state index in [4.69, 9.17) is 11.6 Å². The maximum atomic E-state index is 12.9. The molecule has 5 nitrogen and oxygen atoms in total. The highest BCUT2D eigenvalue weighted by molar-refractivity contribution is 9.10. The van der Waals surface area contributed by atoms with Gasteiger partial charge in [-0.2, -0.15) is 0 Å². The third-order valence-electron chi connectivity index (χ3n) is 2.22. The van der Waals surface area contributed by atoms with E-state index in [-0.39, 0.29) is 16.5 Å². The van der Waals surface area contributed by atoms with Crippen molar-refractivity contribution in [3.8, 4) is 0 Å². The summed E-state index contributed by atoms with van der Waals surface area (Å²) in [5, 5.41) is 13.7. The first-order chi connectivity index (χ1) is 8.97. The summed E-state index contributed by atoms with van der Waals surface area (Å²) in [4.78, 5) is 14.2. The summed E-state index contributed by atoms with van der Waals surface area (Å²) in [6.07, 6.45) is 1.41. The summed E-state index contributed by atoms with van der Waals surface area (Å²) < 4.78 is 13.4. The molecule has 0 aliphatic heterocycles. The van der Waals surface area contributed by atoms with E-state index in [0.29, 0.717) is 10.2 Å². The SMILES string of the molecule is O=[N+]([O-])c1cc(Br)cnc1Nc1ccc(F)cc1Cl. The second-order valence-corrected chi connectivity index (χ2v) is 4.85. The quantitative estimate of drug-likeness (QED) is 0.665. The van der Waals surface area contributed by atoms with Crippen LogP contribution in [0.4, 0.5) is 21.6 Å². The zero-order valence-electron chi connectivity index (χ0n) is 9.23. The van der Waals surface area contributed by atoms with Crippen LogP contribution in [-0.4, -0.2) is 9.91 Å². The smallest absolute Gasteiger partial charge is 0.312 e. The molecule has 0 atom stereocenters. The van der Waals surface area contributed by atoms with E-state index in [9.17, 15) is 14.5 Å². The number of benzene rings is 1. The van der Waals surface area contributed by atoms with Crippen LogP contribution in [0.5, 0.6) is 0 Å². The predicted molar refractivity (Wildman–Crippen MR) is 73.3 cm³/mol. The lowest BCUT2D eigenvalue weighted by atomic mass is 10.3. The van der Waals surface area contributed by atoms with Crippen LogP contribution < -0.4 is 5.32 Å². The fraction of sp³-hybridized carbons (Fsp3) is 0. The number of pyridine rings is 1. The summed E-state index contributed by atoms with van der Waals surface area (Å²) >= 11 is 8.94. The third kappa shape index (κ3) is 3.18. The Balaban J connectivity index is 2.40. The number of nitro groups is 1. The van der Waals surface area contributed by atoms with Crippen LogP contribution >= 0.6 is 27.5 Å². The van der Waals surface area contributed by atoms with Crippen molar-refractivity contribution < 1.29 is 9.31 Å². The highest BCUT2D eigenvalue weighted by Gasteiger charge is 2.17. The van der Waals surface area contributed by atoms with Crippen LogP contribution in [0.15, 0.2) is 34.9 Å². The van der Waals surface area contributed by atoms with E-state index < -0.39 is 10.7 Å². The Morgan fingerprint density at radius 1 is 1.42 bits per heavy atom. The second kappa shape index (κ2) is 5.50. The van der Waals surface area contributed by atoms with Crippen LogP contribution in [0.2, 0.25) is 5.02 Å². The zero-order valence-corrected chi connectivity index (χ0v) is 11.6. The van der Waals surface area contributed by atoms with Crippen molar-refractivity contribution in [1.82, 2.24) is 4.98 Å². The Morgan fingerprint density at radius 3 is 2.79 bits per heavy atom. The Bertz CT molecular complexity index is 654. The largest absolute Gasteiger partial charge is 0.333 e. The fourth-order valence-electron chi connectivity index (χ4n) is 1.38. The van der Waals surface area contributed by atoms with Gasteiger partial charge in [-0.1, -0.05) is 11.6 Å². The fourth-order valence-corrected chi connectivity index (χ4v) is 1.92. The van der Waals surface area contributed by atoms with Crippen LogP contribution in [0.3, 0.4) is 0 Å². The molecular formula is C11H6BrClFN3O2. The molecule has 0 aliphatic rings. The first-order valence-corrected chi connectivity index (χ1v) is 6.16. The molecule has 1 aromatic carbocycles. The van der Waals surface area contributed by atoms with Crippen LogP contribution in [0, 0.1) is 15.9 Å². The number of rotatable bonds is 3. The van der Waals surface area contributed by atoms with Gasteiger partial charge in [0.1, 0.15) is 5.82 Å². The molecule has 0 aliphatic carbocycles. The standard InChI is InChI=1S/C11H6BrClFN3O2/c12-6-3-10(17(18)19)11(15-5-6)16-9-2-1-7(14)4-8(9)13/h1-5H,(H,15,16). The van der Waals surface area contributed by atoms with Gasteiger partial charge in [0.05, 0.1) is 15.6 Å². The summed E-state index contributed by atoms with van der Waals surface area (Å²) in [5.41, 5.74) is 0.121. The molecule has 0 unspecified atom stereocenters. The number of hydrogen-bond donors (Lipinski definition) is 1. The maximum absolute atomic E-state index is 12.9. The lowest BCUT2D eigenvalue weighted by molar-refractivity contribution is -0.384. The molecule has 0 fully saturated rings. The minimum Gasteiger partial charge on any atom is -0.333 e. The van der Waals surface area contributed by atoms with Gasteiger partial charge in [-0.05, 0) is 34.1 Å². The molecule has 0 spiro atoms. The number of anilines is 2. The Labute approximate surface area is 120 Å². The van der Waals surface area contributed by atoms with Gasteiger partial charge in [0.2, 0.25) is 5.82 Å². The van der Waals surface area contributed by atoms with E-state index >= 15 is 0 Å². The molecule has 8 heteroatoms. The molecule has 0 radical (unpaired) electrons. The van der Waals surface area contributed by atoms with Crippen LogP contribution in [0.25, 0.3) is 0 Å². The molecule has 0 saturated heterocycles. The van der Waals surface area contributed by atoms with Crippen LogP contribution in [0.1, 0.15) is 0 Å². The third-order valence-corrected chi connectivity index (χ3v) is 2.96. The van der Waals surface area contributed by atoms with Gasteiger partial charge in [0.15, 0.2) is 0 Å². The Kier molecular flexibility index (Phi) is 3.96. The van der Waals surface area contributed by atoms with Gasteiger partial charge in [-0.15, -0.1) is 0 Å². The van der Waals surface area contributed by atoms with Gasteiger partial charge in [0.25, 0.3) is 0 Å². The van der Waals surface area contributed by atoms with Crippen molar-refractivity contribution in [1.29, 1.82) is 0 Å². The molecule has 0 bridgehead atoms. The second-order valence-electron chi connectivity index (χ2n) is 3.53. The molecular weight excluding hydrogens is 340 g/mol. The predicted octanol–water partition coefficient (Wildman–Crippen LogP) is 4.29. The first-order valence-electron chi connectivity index (χ1n) is 4.99. The molecule has 0 amide bonds. The number of nitrogens with one attached hydrogen (secondary N) is 1. The van der Waals surface area contributed by atoms with Crippen molar-refractivity contribution in [2.75, 3.05) is 5.32 Å². The van der Waals surface area contributed by atoms with Gasteiger partial charge in [-0.25, -0.2) is 9.37 Å². The van der Waals surface area contributed by atoms with Gasteiger partial charge >= 0.3 is 5.69 Å². The van der Waals surface area contributed by atoms with E-state index in [1.165, 1.54) is 24.4 Å². The van der Waals surface area contributed by atoms with Crippen molar-refractivity contribution in [2.45, 2.75) is 0 Å². The van der Waals surface area contributed by atoms with Crippen LogP contribution in [-0.2, 0) is 0 Å². The monoisotopic (exact) mass is 345 g/mol. The van der Waals surface area contributed by atoms with Crippen molar-refractivity contribution in [2.24, 2.45) is 0 Å². The molecule has 19 heavy (non-hydrogen) atoms. The topological polar surface area (TPSA) is 68.1 Å². The Hall–Kier alpha value is -1.73. The molecule has 98 valence electrons. The molecule has 1 heterocycles. The zero-order chi connectivity index (χ0) is 14.0. The molecule has 1 aromatic heterocycles. The van der Waals surface area contributed by atoms with E-state index in [1.54, 1.807) is 0 Å². The van der Waals surface area contributed by atoms with E-state index in [2.05, 4.69) is 26.2 Å². The normalized spacial score (nSPS) is 10.3. The van der Waals surface area contributed by atoms with Gasteiger partial charge < -0.3 is 5.32 Å². The van der Waals surface area contributed by atoms with Crippen molar-refractivity contribution in [3.05, 3.63) is 55.9 Å². The molecule has 1 N–H and O–H groups in total. The summed E-state index contributed by atoms with van der Waals surface area (Å²) in [7, 11) is 0. The number of halogens is 3. The molecule has 2 rings (SSSR count). The molecule has 2 aromatic rings. The van der Waals surface area contributed by atoms with E-state index in [1.807, 2.05) is 0 Å². The first kappa shape index (κ1) is 13.7. The molecule has 0 saturated carbocycles. The maximum Gasteiger partial charge on any atom is 0.312 e. The van der Waals surface area contributed by atoms with Gasteiger partial charge in [0, 0.05) is 16.7 Å². The number of aromatic nitrogens is 1. The summed E-state index contributed by atoms with van der Waals surface area (Å²) in [6.45, 7) is 0. The minimum atomic E-state index is -0.572. The average molecular weight is 347 g/mol. The van der Waals surface area contributed by atoms with E-state index in [0.717, 1.165) is 6.07 Å². The number of hydrogen-bond acceptors (Lipinski definition) is 4. The van der Waals surface area contributed by atoms with Crippen molar-refractivity contribution in [3.63, 3.8) is 0 Å². The lowest BCUT2D eigenvalue weighted by Gasteiger charge is -2.08. The highest BCUT2D eigenvalue weighted by Crippen LogP contribution is 2.31. The average Bonchev–Trinajstić information content (AvgIpc) is 2.34. The van der Waals surface area contributed by atoms with Gasteiger partial charge in [-0.3, -0.25) is 10.1 Å². The Morgan fingerprint density at radius 2 is 2.16 bits per heavy atom. The summed E-state index contributed by atoms with van der Waals surface area (Å²) in [5.74, 6) is -0.462. The minimum absolute atomic E-state index is 0.0294. The highest BCUT2D eigenvalue weighted by atomic mass is 79.9. The van der Waals surface area contributed by atoms with Crippen molar-refractivity contribution >= 4 is 44.7 Å². The number of nitrogens with zero attached hydrogens (tertiary/aromatic N) is 2. The summed E-state index contributed by atoms with van der Waals surface area (Å²) in [6, 6.07) is 4.99.